The molecule has 0 bridgehead atoms. The average Bonchev–Trinajstić information content (AvgIpc) is 2.95. The first-order chi connectivity index (χ1) is 11.3. The summed E-state index contributed by atoms with van der Waals surface area (Å²) in [5, 5.41) is 8.75. The fourth-order valence-electron chi connectivity index (χ4n) is 2.25. The van der Waals surface area contributed by atoms with Crippen LogP contribution >= 0.6 is 0 Å². The SMILES string of the molecule is Cc1oc(-c2ccccc2)nc1COc1cccc(CNO)c1. The van der Waals surface area contributed by atoms with Crippen LogP contribution in [-0.2, 0) is 13.2 Å². The van der Waals surface area contributed by atoms with Crippen LogP contribution in [0.25, 0.3) is 11.5 Å². The molecule has 0 radical (unpaired) electrons. The molecule has 0 atom stereocenters. The number of hydrogen-bond donors (Lipinski definition) is 2. The topological polar surface area (TPSA) is 67.5 Å². The molecule has 1 heterocycles. The minimum atomic E-state index is 0.332. The summed E-state index contributed by atoms with van der Waals surface area (Å²) < 4.78 is 11.5. The fourth-order valence-corrected chi connectivity index (χ4v) is 2.25. The van der Waals surface area contributed by atoms with Crippen LogP contribution in [-0.4, -0.2) is 10.2 Å². The van der Waals surface area contributed by atoms with Gasteiger partial charge in [0.2, 0.25) is 5.89 Å². The fraction of sp³-hybridized carbons (Fsp3) is 0.167. The average molecular weight is 310 g/mol. The molecule has 3 rings (SSSR count). The lowest BCUT2D eigenvalue weighted by Gasteiger charge is -2.06. The Kier molecular flexibility index (Phi) is 4.71. The van der Waals surface area contributed by atoms with E-state index in [1.165, 1.54) is 0 Å². The van der Waals surface area contributed by atoms with E-state index in [-0.39, 0.29) is 0 Å². The van der Waals surface area contributed by atoms with Gasteiger partial charge in [-0.15, -0.1) is 0 Å². The van der Waals surface area contributed by atoms with Crippen LogP contribution in [0.15, 0.2) is 59.0 Å². The van der Waals surface area contributed by atoms with E-state index in [0.29, 0.717) is 19.0 Å². The summed E-state index contributed by atoms with van der Waals surface area (Å²) >= 11 is 0. The highest BCUT2D eigenvalue weighted by Gasteiger charge is 2.11. The standard InChI is InChI=1S/C18H18N2O3/c1-13-17(20-18(23-13)15-7-3-2-4-8-15)12-22-16-9-5-6-14(10-16)11-19-21/h2-10,19,21H,11-12H2,1H3. The van der Waals surface area contributed by atoms with Gasteiger partial charge < -0.3 is 14.4 Å². The van der Waals surface area contributed by atoms with E-state index in [4.69, 9.17) is 14.4 Å². The molecule has 0 aliphatic carbocycles. The Hall–Kier alpha value is -2.63. The lowest BCUT2D eigenvalue weighted by molar-refractivity contribution is 0.161. The number of nitrogens with zero attached hydrogens (tertiary/aromatic N) is 1. The Labute approximate surface area is 134 Å². The van der Waals surface area contributed by atoms with Gasteiger partial charge in [-0.2, -0.15) is 0 Å². The van der Waals surface area contributed by atoms with Crippen molar-refractivity contribution in [1.29, 1.82) is 0 Å². The summed E-state index contributed by atoms with van der Waals surface area (Å²) in [6.07, 6.45) is 0. The molecule has 0 fully saturated rings. The van der Waals surface area contributed by atoms with Crippen molar-refractivity contribution in [2.45, 2.75) is 20.1 Å². The molecule has 2 aromatic carbocycles. The van der Waals surface area contributed by atoms with E-state index in [1.807, 2.05) is 61.5 Å². The monoisotopic (exact) mass is 310 g/mol. The van der Waals surface area contributed by atoms with Gasteiger partial charge >= 0.3 is 0 Å². The number of oxazole rings is 1. The third-order valence-electron chi connectivity index (χ3n) is 3.47. The molecular weight excluding hydrogens is 292 g/mol. The summed E-state index contributed by atoms with van der Waals surface area (Å²) in [7, 11) is 0. The van der Waals surface area contributed by atoms with Gasteiger partial charge in [-0.3, -0.25) is 0 Å². The highest BCUT2D eigenvalue weighted by molar-refractivity contribution is 5.53. The molecular formula is C18H18N2O3. The summed E-state index contributed by atoms with van der Waals surface area (Å²) in [4.78, 5) is 4.51. The third-order valence-corrected chi connectivity index (χ3v) is 3.47. The summed E-state index contributed by atoms with van der Waals surface area (Å²) in [6.45, 7) is 2.58. The molecule has 23 heavy (non-hydrogen) atoms. The molecule has 0 spiro atoms. The lowest BCUT2D eigenvalue weighted by Crippen LogP contribution is -2.06. The Morgan fingerprint density at radius 2 is 1.96 bits per heavy atom. The van der Waals surface area contributed by atoms with Crippen molar-refractivity contribution in [2.24, 2.45) is 0 Å². The smallest absolute Gasteiger partial charge is 0.226 e. The molecule has 0 unspecified atom stereocenters. The minimum Gasteiger partial charge on any atom is -0.487 e. The van der Waals surface area contributed by atoms with Crippen molar-refractivity contribution in [1.82, 2.24) is 10.5 Å². The maximum Gasteiger partial charge on any atom is 0.226 e. The van der Waals surface area contributed by atoms with Crippen molar-refractivity contribution in [3.05, 3.63) is 71.6 Å². The number of ether oxygens (including phenoxy) is 1. The van der Waals surface area contributed by atoms with E-state index in [0.717, 1.165) is 28.3 Å². The maximum absolute atomic E-state index is 8.75. The quantitative estimate of drug-likeness (QED) is 0.679. The molecule has 5 nitrogen and oxygen atoms in total. The highest BCUT2D eigenvalue weighted by atomic mass is 16.5. The van der Waals surface area contributed by atoms with Gasteiger partial charge in [-0.05, 0) is 36.8 Å². The number of hydrogen-bond acceptors (Lipinski definition) is 5. The number of benzene rings is 2. The summed E-state index contributed by atoms with van der Waals surface area (Å²) in [6, 6.07) is 17.3. The van der Waals surface area contributed by atoms with Crippen molar-refractivity contribution in [3.8, 4) is 17.2 Å². The molecule has 0 amide bonds. The molecule has 0 saturated carbocycles. The zero-order chi connectivity index (χ0) is 16.1. The number of hydroxylamine groups is 1. The van der Waals surface area contributed by atoms with Crippen LogP contribution in [0.3, 0.4) is 0 Å². The first-order valence-corrected chi connectivity index (χ1v) is 7.36. The van der Waals surface area contributed by atoms with Crippen LogP contribution < -0.4 is 10.2 Å². The van der Waals surface area contributed by atoms with Crippen LogP contribution in [0.4, 0.5) is 0 Å². The Morgan fingerprint density at radius 1 is 1.13 bits per heavy atom. The zero-order valence-corrected chi connectivity index (χ0v) is 12.8. The Morgan fingerprint density at radius 3 is 2.74 bits per heavy atom. The molecule has 0 saturated heterocycles. The second-order valence-electron chi connectivity index (χ2n) is 5.16. The molecule has 0 aliphatic rings. The van der Waals surface area contributed by atoms with Crippen LogP contribution in [0.1, 0.15) is 17.0 Å². The lowest BCUT2D eigenvalue weighted by atomic mass is 10.2. The van der Waals surface area contributed by atoms with E-state index >= 15 is 0 Å². The van der Waals surface area contributed by atoms with Crippen LogP contribution in [0.2, 0.25) is 0 Å². The molecule has 1 aromatic heterocycles. The van der Waals surface area contributed by atoms with Gasteiger partial charge in [0.15, 0.2) is 0 Å². The molecule has 118 valence electrons. The second-order valence-corrected chi connectivity index (χ2v) is 5.16. The van der Waals surface area contributed by atoms with Gasteiger partial charge in [0, 0.05) is 12.1 Å². The van der Waals surface area contributed by atoms with E-state index < -0.39 is 0 Å². The van der Waals surface area contributed by atoms with Gasteiger partial charge in [0.05, 0.1) is 0 Å². The number of aromatic nitrogens is 1. The highest BCUT2D eigenvalue weighted by Crippen LogP contribution is 2.22. The molecule has 5 heteroatoms. The molecule has 0 aliphatic heterocycles. The van der Waals surface area contributed by atoms with E-state index in [2.05, 4.69) is 10.5 Å². The summed E-state index contributed by atoms with van der Waals surface area (Å²) in [5.74, 6) is 2.07. The molecule has 3 aromatic rings. The predicted octanol–water partition coefficient (Wildman–Crippen LogP) is 3.71. The number of rotatable bonds is 6. The number of aryl methyl sites for hydroxylation is 1. The van der Waals surface area contributed by atoms with Crippen molar-refractivity contribution >= 4 is 0 Å². The van der Waals surface area contributed by atoms with Crippen molar-refractivity contribution in [2.75, 3.05) is 0 Å². The second kappa shape index (κ2) is 7.09. The zero-order valence-electron chi connectivity index (χ0n) is 12.8. The van der Waals surface area contributed by atoms with E-state index in [9.17, 15) is 0 Å². The molecule has 2 N–H and O–H groups in total. The van der Waals surface area contributed by atoms with Crippen LogP contribution in [0.5, 0.6) is 5.75 Å². The van der Waals surface area contributed by atoms with Gasteiger partial charge in [-0.1, -0.05) is 30.3 Å². The normalized spacial score (nSPS) is 10.7. The van der Waals surface area contributed by atoms with Crippen LogP contribution in [0, 0.1) is 6.92 Å². The van der Waals surface area contributed by atoms with Gasteiger partial charge in [-0.25, -0.2) is 10.5 Å². The summed E-state index contributed by atoms with van der Waals surface area (Å²) in [5.41, 5.74) is 4.78. The van der Waals surface area contributed by atoms with E-state index in [1.54, 1.807) is 0 Å². The van der Waals surface area contributed by atoms with Gasteiger partial charge in [0.1, 0.15) is 23.8 Å². The Balaban J connectivity index is 1.71. The van der Waals surface area contributed by atoms with Crippen molar-refractivity contribution in [3.63, 3.8) is 0 Å². The third kappa shape index (κ3) is 3.77. The Bertz CT molecular complexity index is 769. The maximum atomic E-state index is 8.75. The van der Waals surface area contributed by atoms with Crippen molar-refractivity contribution < 1.29 is 14.4 Å². The first-order valence-electron chi connectivity index (χ1n) is 7.36. The van der Waals surface area contributed by atoms with Gasteiger partial charge in [0.25, 0.3) is 0 Å². The largest absolute Gasteiger partial charge is 0.487 e. The first kappa shape index (κ1) is 15.3. The number of nitrogens with one attached hydrogen (secondary N) is 1. The predicted molar refractivity (Wildman–Crippen MR) is 86.1 cm³/mol. The minimum absolute atomic E-state index is 0.332.